The molecule has 16 heteroatoms. The number of rotatable bonds is 10. The summed E-state index contributed by atoms with van der Waals surface area (Å²) in [6.07, 6.45) is -24.0. The van der Waals surface area contributed by atoms with Gasteiger partial charge < -0.3 is 4.74 Å². The zero-order valence-corrected chi connectivity index (χ0v) is 16.0. The quantitative estimate of drug-likeness (QED) is 0.221. The van der Waals surface area contributed by atoms with Crippen LogP contribution in [0.3, 0.4) is 0 Å². The average molecular weight is 485 g/mol. The van der Waals surface area contributed by atoms with Crippen LogP contribution in [0, 0.1) is 5.92 Å². The normalized spacial score (nSPS) is 15.0. The fourth-order valence-electron chi connectivity index (χ4n) is 1.95. The van der Waals surface area contributed by atoms with Gasteiger partial charge in [0, 0.05) is 18.5 Å². The topological polar surface area (TPSA) is 72.5 Å². The lowest BCUT2D eigenvalue weighted by atomic mass is 9.88. The van der Waals surface area contributed by atoms with Gasteiger partial charge in [-0.05, 0) is 13.3 Å². The van der Waals surface area contributed by atoms with Gasteiger partial charge in [0.1, 0.15) is 6.61 Å². The summed E-state index contributed by atoms with van der Waals surface area (Å²) in [5.41, 5.74) is -6.23. The maximum Gasteiger partial charge on any atom is 0.431 e. The lowest BCUT2D eigenvalue weighted by molar-refractivity contribution is -0.352. The molecule has 0 bridgehead atoms. The van der Waals surface area contributed by atoms with Gasteiger partial charge in [0.15, 0.2) is 0 Å². The molecular weight excluding hydrogens is 468 g/mol. The Morgan fingerprint density at radius 3 is 1.83 bits per heavy atom. The molecular formula is C14H17F10NO4S. The van der Waals surface area contributed by atoms with Crippen LogP contribution in [0.5, 0.6) is 0 Å². The molecule has 0 aromatic carbocycles. The van der Waals surface area contributed by atoms with Crippen molar-refractivity contribution in [3.8, 4) is 0 Å². The van der Waals surface area contributed by atoms with Gasteiger partial charge in [0.25, 0.3) is 5.67 Å². The first kappa shape index (κ1) is 28.4. The van der Waals surface area contributed by atoms with E-state index in [1.165, 1.54) is 6.92 Å². The van der Waals surface area contributed by atoms with Gasteiger partial charge in [-0.25, -0.2) is 22.3 Å². The molecule has 0 aliphatic heterocycles. The molecule has 5 nitrogen and oxygen atoms in total. The Hall–Kier alpha value is -1.58. The largest absolute Gasteiger partial charge is 0.461 e. The van der Waals surface area contributed by atoms with Crippen LogP contribution in [-0.4, -0.2) is 57.5 Å². The minimum absolute atomic E-state index is 0.0464. The van der Waals surface area contributed by atoms with Gasteiger partial charge in [0.05, 0.1) is 11.7 Å². The van der Waals surface area contributed by atoms with E-state index in [1.807, 2.05) is 0 Å². The summed E-state index contributed by atoms with van der Waals surface area (Å²) in [4.78, 5) is 11.0. The zero-order valence-electron chi connectivity index (χ0n) is 15.1. The van der Waals surface area contributed by atoms with E-state index >= 15 is 0 Å². The fourth-order valence-corrected chi connectivity index (χ4v) is 3.08. The molecule has 0 fully saturated rings. The maximum atomic E-state index is 13.6. The fraction of sp³-hybridized carbons (Fsp3) is 0.786. The molecule has 0 radical (unpaired) electrons. The first-order valence-electron chi connectivity index (χ1n) is 7.83. The van der Waals surface area contributed by atoms with Crippen LogP contribution in [0.2, 0.25) is 0 Å². The van der Waals surface area contributed by atoms with E-state index in [0.29, 0.717) is 0 Å². The Labute approximate surface area is 164 Å². The number of nitrogens with one attached hydrogen (secondary N) is 1. The van der Waals surface area contributed by atoms with E-state index in [2.05, 4.69) is 11.3 Å². The molecule has 0 aliphatic carbocycles. The number of hydrogen-bond acceptors (Lipinski definition) is 4. The van der Waals surface area contributed by atoms with Gasteiger partial charge in [-0.2, -0.15) is 39.5 Å². The molecule has 0 aromatic rings. The summed E-state index contributed by atoms with van der Waals surface area (Å²) in [5.74, 6) is -6.04. The van der Waals surface area contributed by atoms with Crippen molar-refractivity contribution in [1.82, 2.24) is 4.72 Å². The zero-order chi connectivity index (χ0) is 24.2. The second-order valence-corrected chi connectivity index (χ2v) is 8.08. The summed E-state index contributed by atoms with van der Waals surface area (Å²) in [6, 6.07) is 0. The molecule has 1 N–H and O–H groups in total. The Bertz CT molecular complexity index is 698. The molecule has 178 valence electrons. The number of alkyl halides is 10. The Morgan fingerprint density at radius 1 is 1.00 bits per heavy atom. The smallest absolute Gasteiger partial charge is 0.431 e. The first-order chi connectivity index (χ1) is 13.1. The van der Waals surface area contributed by atoms with Crippen molar-refractivity contribution in [2.75, 3.05) is 18.9 Å². The van der Waals surface area contributed by atoms with Crippen molar-refractivity contribution in [3.05, 3.63) is 12.2 Å². The van der Waals surface area contributed by atoms with Gasteiger partial charge in [-0.1, -0.05) is 6.58 Å². The van der Waals surface area contributed by atoms with Crippen molar-refractivity contribution in [3.63, 3.8) is 0 Å². The summed E-state index contributed by atoms with van der Waals surface area (Å²) in [7, 11) is -4.63. The molecule has 0 aliphatic rings. The summed E-state index contributed by atoms with van der Waals surface area (Å²) < 4.78 is 157. The number of carbonyl (C=O) groups is 1. The maximum absolute atomic E-state index is 13.6. The van der Waals surface area contributed by atoms with Crippen LogP contribution in [0.4, 0.5) is 43.9 Å². The highest BCUT2D eigenvalue weighted by molar-refractivity contribution is 7.89. The van der Waals surface area contributed by atoms with E-state index < -0.39 is 77.9 Å². The molecule has 0 aromatic heterocycles. The highest BCUT2D eigenvalue weighted by Crippen LogP contribution is 2.52. The highest BCUT2D eigenvalue weighted by Gasteiger charge is 2.73. The van der Waals surface area contributed by atoms with E-state index in [4.69, 9.17) is 0 Å². The lowest BCUT2D eigenvalue weighted by Gasteiger charge is -2.33. The summed E-state index contributed by atoms with van der Waals surface area (Å²) >= 11 is 0. The SMILES string of the molecule is C=C(C)C(=O)OCCNS(=O)(=O)CCC(CC(F)(C(F)(F)F)C(F)(F)F)C(F)(F)F. The van der Waals surface area contributed by atoms with E-state index in [9.17, 15) is 57.1 Å². The highest BCUT2D eigenvalue weighted by atomic mass is 32.2. The van der Waals surface area contributed by atoms with Gasteiger partial charge in [-0.3, -0.25) is 0 Å². The van der Waals surface area contributed by atoms with Crippen molar-refractivity contribution in [2.24, 2.45) is 5.92 Å². The summed E-state index contributed by atoms with van der Waals surface area (Å²) in [6.45, 7) is 3.25. The molecule has 0 saturated heterocycles. The van der Waals surface area contributed by atoms with Gasteiger partial charge in [-0.15, -0.1) is 0 Å². The first-order valence-corrected chi connectivity index (χ1v) is 9.48. The van der Waals surface area contributed by atoms with E-state index in [0.717, 1.165) is 0 Å². The van der Waals surface area contributed by atoms with E-state index in [1.54, 1.807) is 4.72 Å². The number of esters is 1. The number of halogens is 10. The van der Waals surface area contributed by atoms with Gasteiger partial charge in [0.2, 0.25) is 10.0 Å². The van der Waals surface area contributed by atoms with Crippen molar-refractivity contribution in [2.45, 2.75) is 44.0 Å². The Balaban J connectivity index is 5.21. The molecule has 0 saturated carbocycles. The van der Waals surface area contributed by atoms with Crippen molar-refractivity contribution < 1.29 is 61.9 Å². The van der Waals surface area contributed by atoms with Crippen LogP contribution in [0.1, 0.15) is 19.8 Å². The molecule has 1 unspecified atom stereocenters. The Kier molecular flexibility index (Phi) is 9.19. The molecule has 0 rings (SSSR count). The number of sulfonamides is 1. The second-order valence-electron chi connectivity index (χ2n) is 6.16. The Morgan fingerprint density at radius 2 is 1.47 bits per heavy atom. The molecule has 30 heavy (non-hydrogen) atoms. The number of carbonyl (C=O) groups excluding carboxylic acids is 1. The molecule has 0 amide bonds. The third-order valence-electron chi connectivity index (χ3n) is 3.63. The standard InChI is InChI=1S/C14H17F10NO4S/c1-8(2)10(26)29-5-4-25-30(27,28)6-3-9(12(16,17)18)7-11(15,13(19,20)21)14(22,23)24/h9,25H,1,3-7H2,2H3. The monoisotopic (exact) mass is 485 g/mol. The second kappa shape index (κ2) is 9.70. The predicted octanol–water partition coefficient (Wildman–Crippen LogP) is 3.82. The van der Waals surface area contributed by atoms with Crippen molar-refractivity contribution in [1.29, 1.82) is 0 Å². The van der Waals surface area contributed by atoms with Gasteiger partial charge >= 0.3 is 24.5 Å². The third kappa shape index (κ3) is 8.28. The minimum atomic E-state index is -6.71. The number of ether oxygens (including phenoxy) is 1. The molecule has 0 spiro atoms. The van der Waals surface area contributed by atoms with Crippen LogP contribution in [-0.2, 0) is 19.6 Å². The van der Waals surface area contributed by atoms with Crippen LogP contribution in [0.15, 0.2) is 12.2 Å². The molecule has 0 heterocycles. The predicted molar refractivity (Wildman–Crippen MR) is 82.3 cm³/mol. The minimum Gasteiger partial charge on any atom is -0.461 e. The van der Waals surface area contributed by atoms with Crippen LogP contribution in [0.25, 0.3) is 0 Å². The average Bonchev–Trinajstić information content (AvgIpc) is 2.51. The number of hydrogen-bond donors (Lipinski definition) is 1. The van der Waals surface area contributed by atoms with E-state index in [-0.39, 0.29) is 5.57 Å². The lowest BCUT2D eigenvalue weighted by Crippen LogP contribution is -2.55. The molecule has 1 atom stereocenters. The van der Waals surface area contributed by atoms with Crippen LogP contribution < -0.4 is 4.72 Å². The third-order valence-corrected chi connectivity index (χ3v) is 5.05. The summed E-state index contributed by atoms with van der Waals surface area (Å²) in [5, 5.41) is 0. The van der Waals surface area contributed by atoms with Crippen molar-refractivity contribution >= 4 is 16.0 Å². The van der Waals surface area contributed by atoms with Crippen LogP contribution >= 0.6 is 0 Å².